The lowest BCUT2D eigenvalue weighted by Gasteiger charge is -2.27. The quantitative estimate of drug-likeness (QED) is 0.332. The zero-order valence-corrected chi connectivity index (χ0v) is 17.8. The normalized spacial score (nSPS) is 17.6. The zero-order chi connectivity index (χ0) is 25.4. The van der Waals surface area contributed by atoms with E-state index in [0.29, 0.717) is 12.1 Å². The van der Waals surface area contributed by atoms with Crippen molar-refractivity contribution in [3.8, 4) is 5.75 Å². The third kappa shape index (κ3) is 5.02. The first-order chi connectivity index (χ1) is 15.8. The van der Waals surface area contributed by atoms with Gasteiger partial charge in [0.2, 0.25) is 6.10 Å². The van der Waals surface area contributed by atoms with Crippen molar-refractivity contribution in [1.82, 2.24) is 4.90 Å². The summed E-state index contributed by atoms with van der Waals surface area (Å²) in [5, 5.41) is 13.7. The molecule has 1 amide bonds. The first-order valence-electron chi connectivity index (χ1n) is 10.1. The van der Waals surface area contributed by atoms with Crippen molar-refractivity contribution in [2.24, 2.45) is 0 Å². The number of carbonyl (C=O) groups excluding carboxylic acids is 1. The number of non-ortho nitro benzene ring substituents is 1. The predicted molar refractivity (Wildman–Crippen MR) is 108 cm³/mol. The van der Waals surface area contributed by atoms with Crippen LogP contribution in [0.4, 0.5) is 37.7 Å². The number of likely N-dealkylation sites (N-methyl/N-ethyl adjacent to an activating group) is 1. The van der Waals surface area contributed by atoms with Gasteiger partial charge in [-0.05, 0) is 38.1 Å². The highest BCUT2D eigenvalue weighted by molar-refractivity contribution is 5.84. The van der Waals surface area contributed by atoms with E-state index in [-0.39, 0.29) is 36.2 Å². The first kappa shape index (κ1) is 25.1. The SMILES string of the molecule is CCN(CC)C(=O)[C@@H]1Oc2ccc([N+](=O)[O-])cc2[C@H]1Nc1cc(C(F)(F)F)cc(C(F)(F)F)c1. The van der Waals surface area contributed by atoms with Crippen LogP contribution in [0.1, 0.15) is 36.6 Å². The van der Waals surface area contributed by atoms with Gasteiger partial charge in [-0.25, -0.2) is 0 Å². The van der Waals surface area contributed by atoms with Gasteiger partial charge in [-0.3, -0.25) is 14.9 Å². The molecule has 0 saturated heterocycles. The van der Waals surface area contributed by atoms with E-state index in [9.17, 15) is 41.3 Å². The molecule has 0 saturated carbocycles. The van der Waals surface area contributed by atoms with Gasteiger partial charge in [-0.2, -0.15) is 26.3 Å². The minimum Gasteiger partial charge on any atom is -0.478 e. The number of amides is 1. The molecule has 34 heavy (non-hydrogen) atoms. The topological polar surface area (TPSA) is 84.7 Å². The second-order valence-electron chi connectivity index (χ2n) is 7.44. The van der Waals surface area contributed by atoms with Crippen molar-refractivity contribution in [2.45, 2.75) is 38.3 Å². The minimum atomic E-state index is -5.07. The molecule has 184 valence electrons. The van der Waals surface area contributed by atoms with Crippen LogP contribution in [0.2, 0.25) is 0 Å². The number of nitrogens with zero attached hydrogens (tertiary/aromatic N) is 2. The molecule has 1 aliphatic heterocycles. The van der Waals surface area contributed by atoms with Crippen LogP contribution in [-0.2, 0) is 17.1 Å². The maximum Gasteiger partial charge on any atom is 0.416 e. The summed E-state index contributed by atoms with van der Waals surface area (Å²) in [5.74, 6) is -0.527. The average molecular weight is 491 g/mol. The highest BCUT2D eigenvalue weighted by Gasteiger charge is 2.43. The Bertz CT molecular complexity index is 1070. The van der Waals surface area contributed by atoms with Crippen molar-refractivity contribution >= 4 is 17.3 Å². The molecule has 3 rings (SSSR count). The predicted octanol–water partition coefficient (Wildman–Crippen LogP) is 5.42. The van der Waals surface area contributed by atoms with Crippen LogP contribution < -0.4 is 10.1 Å². The Hall–Kier alpha value is -3.51. The van der Waals surface area contributed by atoms with Gasteiger partial charge >= 0.3 is 12.4 Å². The third-order valence-electron chi connectivity index (χ3n) is 5.32. The fourth-order valence-electron chi connectivity index (χ4n) is 3.65. The van der Waals surface area contributed by atoms with Gasteiger partial charge in [0.15, 0.2) is 0 Å². The van der Waals surface area contributed by atoms with Crippen LogP contribution in [-0.4, -0.2) is 34.9 Å². The fourth-order valence-corrected chi connectivity index (χ4v) is 3.65. The molecule has 0 unspecified atom stereocenters. The van der Waals surface area contributed by atoms with E-state index >= 15 is 0 Å². The Labute approximate surface area is 189 Å². The number of halogens is 6. The Kier molecular flexibility index (Phi) is 6.67. The molecule has 1 aliphatic rings. The minimum absolute atomic E-state index is 0.0202. The van der Waals surface area contributed by atoms with E-state index in [2.05, 4.69) is 5.32 Å². The Morgan fingerprint density at radius 1 is 1.03 bits per heavy atom. The molecular formula is C21H19F6N3O4. The molecule has 0 radical (unpaired) electrons. The van der Waals surface area contributed by atoms with Crippen LogP contribution in [0.3, 0.4) is 0 Å². The van der Waals surface area contributed by atoms with Crippen molar-refractivity contribution in [2.75, 3.05) is 18.4 Å². The maximum absolute atomic E-state index is 13.3. The van der Waals surface area contributed by atoms with Gasteiger partial charge in [-0.15, -0.1) is 0 Å². The van der Waals surface area contributed by atoms with Gasteiger partial charge in [0.05, 0.1) is 16.1 Å². The van der Waals surface area contributed by atoms with Gasteiger partial charge in [0.1, 0.15) is 11.8 Å². The molecule has 1 heterocycles. The molecule has 1 N–H and O–H groups in total. The van der Waals surface area contributed by atoms with Gasteiger partial charge in [0.25, 0.3) is 11.6 Å². The summed E-state index contributed by atoms with van der Waals surface area (Å²) >= 11 is 0. The number of rotatable bonds is 6. The Morgan fingerprint density at radius 2 is 1.59 bits per heavy atom. The second kappa shape index (κ2) is 9.03. The number of alkyl halides is 6. The van der Waals surface area contributed by atoms with Gasteiger partial charge < -0.3 is 15.0 Å². The van der Waals surface area contributed by atoms with Crippen LogP contribution in [0.5, 0.6) is 5.75 Å². The molecule has 0 fully saturated rings. The maximum atomic E-state index is 13.3. The Morgan fingerprint density at radius 3 is 2.06 bits per heavy atom. The fraction of sp³-hybridized carbons (Fsp3) is 0.381. The molecule has 0 bridgehead atoms. The number of carbonyl (C=O) groups is 1. The smallest absolute Gasteiger partial charge is 0.416 e. The number of hydrogen-bond acceptors (Lipinski definition) is 5. The van der Waals surface area contributed by atoms with Crippen molar-refractivity contribution < 1.29 is 40.8 Å². The number of ether oxygens (including phenoxy) is 1. The summed E-state index contributed by atoms with van der Waals surface area (Å²) in [6.07, 6.45) is -11.5. The van der Waals surface area contributed by atoms with E-state index in [0.717, 1.165) is 12.1 Å². The lowest BCUT2D eigenvalue weighted by atomic mass is 10.0. The number of nitro benzene ring substituents is 1. The number of hydrogen-bond donors (Lipinski definition) is 1. The summed E-state index contributed by atoms with van der Waals surface area (Å²) in [6.45, 7) is 3.89. The van der Waals surface area contributed by atoms with Crippen molar-refractivity contribution in [3.63, 3.8) is 0 Å². The van der Waals surface area contributed by atoms with E-state index in [1.54, 1.807) is 13.8 Å². The summed E-state index contributed by atoms with van der Waals surface area (Å²) in [4.78, 5) is 24.9. The first-order valence-corrected chi connectivity index (χ1v) is 10.1. The van der Waals surface area contributed by atoms with Crippen LogP contribution >= 0.6 is 0 Å². The van der Waals surface area contributed by atoms with E-state index in [1.807, 2.05) is 0 Å². The molecule has 0 aromatic heterocycles. The molecule has 7 nitrogen and oxygen atoms in total. The average Bonchev–Trinajstić information content (AvgIpc) is 3.10. The van der Waals surface area contributed by atoms with Crippen LogP contribution in [0, 0.1) is 10.1 Å². The lowest BCUT2D eigenvalue weighted by Crippen LogP contribution is -2.44. The van der Waals surface area contributed by atoms with E-state index in [1.165, 1.54) is 11.0 Å². The highest BCUT2D eigenvalue weighted by Crippen LogP contribution is 2.43. The molecule has 2 atom stereocenters. The summed E-state index contributed by atoms with van der Waals surface area (Å²) in [6, 6.07) is 3.06. The Balaban J connectivity index is 2.12. The summed E-state index contributed by atoms with van der Waals surface area (Å²) < 4.78 is 85.3. The summed E-state index contributed by atoms with van der Waals surface area (Å²) in [7, 11) is 0. The van der Waals surface area contributed by atoms with Crippen molar-refractivity contribution in [3.05, 3.63) is 63.2 Å². The monoisotopic (exact) mass is 491 g/mol. The largest absolute Gasteiger partial charge is 0.478 e. The van der Waals surface area contributed by atoms with Gasteiger partial charge in [0, 0.05) is 36.5 Å². The van der Waals surface area contributed by atoms with Crippen LogP contribution in [0.15, 0.2) is 36.4 Å². The molecule has 2 aromatic carbocycles. The number of anilines is 1. The second-order valence-corrected chi connectivity index (χ2v) is 7.44. The molecule has 0 aliphatic carbocycles. The molecule has 2 aromatic rings. The van der Waals surface area contributed by atoms with Crippen LogP contribution in [0.25, 0.3) is 0 Å². The lowest BCUT2D eigenvalue weighted by molar-refractivity contribution is -0.384. The van der Waals surface area contributed by atoms with Crippen molar-refractivity contribution in [1.29, 1.82) is 0 Å². The summed E-state index contributed by atoms with van der Waals surface area (Å²) in [5.41, 5.74) is -3.99. The number of nitrogens with one attached hydrogen (secondary N) is 1. The zero-order valence-electron chi connectivity index (χ0n) is 17.8. The van der Waals surface area contributed by atoms with E-state index in [4.69, 9.17) is 4.74 Å². The third-order valence-corrected chi connectivity index (χ3v) is 5.32. The molecule has 0 spiro atoms. The molecular weight excluding hydrogens is 472 g/mol. The highest BCUT2D eigenvalue weighted by atomic mass is 19.4. The number of nitro groups is 1. The number of fused-ring (bicyclic) bond motifs is 1. The van der Waals surface area contributed by atoms with Gasteiger partial charge in [-0.1, -0.05) is 0 Å². The molecule has 13 heteroatoms. The standard InChI is InChI=1S/C21H19F6N3O4/c1-3-29(4-2)19(31)18-17(15-10-14(30(32)33)5-6-16(15)34-18)28-13-8-11(20(22,23)24)7-12(9-13)21(25,26)27/h5-10,17-18,28H,3-4H2,1-2H3/t17-,18-/m1/s1. The number of benzene rings is 2. The van der Waals surface area contributed by atoms with E-state index < -0.39 is 52.1 Å².